The highest BCUT2D eigenvalue weighted by Crippen LogP contribution is 2.39. The molecule has 2 aromatic rings. The lowest BCUT2D eigenvalue weighted by Gasteiger charge is -2.47. The molecule has 148 valence electrons. The quantitative estimate of drug-likeness (QED) is 0.858. The molecule has 1 aromatic carbocycles. The minimum Gasteiger partial charge on any atom is -0.389 e. The molecule has 0 unspecified atom stereocenters. The van der Waals surface area contributed by atoms with Gasteiger partial charge in [0.25, 0.3) is 5.56 Å². The van der Waals surface area contributed by atoms with Crippen molar-refractivity contribution in [2.75, 3.05) is 13.1 Å². The first kappa shape index (κ1) is 19.2. The number of carbonyl (C=O) groups excluding carboxylic acids is 1. The lowest BCUT2D eigenvalue weighted by molar-refractivity contribution is -0.144. The van der Waals surface area contributed by atoms with Gasteiger partial charge in [0.1, 0.15) is 6.54 Å². The molecule has 2 heterocycles. The number of nitrogens with zero attached hydrogens (tertiary/aromatic N) is 3. The van der Waals surface area contributed by atoms with Crippen LogP contribution in [0, 0.1) is 5.92 Å². The van der Waals surface area contributed by atoms with Crippen molar-refractivity contribution < 1.29 is 9.90 Å². The Labute approximate surface area is 168 Å². The molecule has 2 aliphatic rings. The molecule has 28 heavy (non-hydrogen) atoms. The number of carbonyl (C=O) groups is 1. The van der Waals surface area contributed by atoms with Crippen LogP contribution < -0.4 is 5.56 Å². The lowest BCUT2D eigenvalue weighted by atomic mass is 9.71. The Morgan fingerprint density at radius 2 is 2.04 bits per heavy atom. The molecule has 0 radical (unpaired) electrons. The molecule has 7 heteroatoms. The zero-order valence-electron chi connectivity index (χ0n) is 15.7. The number of aromatic nitrogens is 2. The SMILES string of the molecule is O=C(Cn1nc(-c2ccccc2Cl)ccc1=O)N1CC[C@@]2(O)CCCC[C@H]2C1. The summed E-state index contributed by atoms with van der Waals surface area (Å²) in [4.78, 5) is 26.8. The summed E-state index contributed by atoms with van der Waals surface area (Å²) in [6.07, 6.45) is 4.51. The van der Waals surface area contributed by atoms with Crippen molar-refractivity contribution >= 4 is 17.5 Å². The molecule has 6 nitrogen and oxygen atoms in total. The van der Waals surface area contributed by atoms with Gasteiger partial charge in [0.15, 0.2) is 0 Å². The average Bonchev–Trinajstić information content (AvgIpc) is 2.69. The Hall–Kier alpha value is -2.18. The molecule has 1 aromatic heterocycles. The Morgan fingerprint density at radius 1 is 1.21 bits per heavy atom. The van der Waals surface area contributed by atoms with Crippen LogP contribution in [0.1, 0.15) is 32.1 Å². The summed E-state index contributed by atoms with van der Waals surface area (Å²) < 4.78 is 1.20. The van der Waals surface area contributed by atoms with E-state index in [2.05, 4.69) is 5.10 Å². The number of fused-ring (bicyclic) bond motifs is 1. The smallest absolute Gasteiger partial charge is 0.267 e. The molecule has 1 saturated heterocycles. The first-order valence-corrected chi connectivity index (χ1v) is 10.2. The number of piperidine rings is 1. The fourth-order valence-corrected chi connectivity index (χ4v) is 4.63. The summed E-state index contributed by atoms with van der Waals surface area (Å²) in [5.41, 5.74) is 0.318. The summed E-state index contributed by atoms with van der Waals surface area (Å²) in [6.45, 7) is 0.960. The van der Waals surface area contributed by atoms with Gasteiger partial charge < -0.3 is 10.0 Å². The van der Waals surface area contributed by atoms with Gasteiger partial charge in [0, 0.05) is 30.6 Å². The first-order valence-electron chi connectivity index (χ1n) is 9.79. The second kappa shape index (κ2) is 7.68. The van der Waals surface area contributed by atoms with Gasteiger partial charge in [0.05, 0.1) is 16.3 Å². The predicted molar refractivity (Wildman–Crippen MR) is 107 cm³/mol. The molecule has 1 aliphatic carbocycles. The Balaban J connectivity index is 1.51. The summed E-state index contributed by atoms with van der Waals surface area (Å²) in [5.74, 6) is -0.0170. The lowest BCUT2D eigenvalue weighted by Crippen LogP contribution is -2.55. The van der Waals surface area contributed by atoms with Crippen LogP contribution in [-0.4, -0.2) is 44.4 Å². The normalized spacial score (nSPS) is 24.6. The number of hydrogen-bond donors (Lipinski definition) is 1. The van der Waals surface area contributed by atoms with E-state index < -0.39 is 5.60 Å². The van der Waals surface area contributed by atoms with E-state index in [0.717, 1.165) is 31.2 Å². The van der Waals surface area contributed by atoms with Crippen molar-refractivity contribution in [1.29, 1.82) is 0 Å². The van der Waals surface area contributed by atoms with Crippen LogP contribution in [0.25, 0.3) is 11.3 Å². The summed E-state index contributed by atoms with van der Waals surface area (Å²) in [5, 5.41) is 15.7. The summed E-state index contributed by atoms with van der Waals surface area (Å²) >= 11 is 6.23. The number of likely N-dealkylation sites (tertiary alicyclic amines) is 1. The highest BCUT2D eigenvalue weighted by Gasteiger charge is 2.43. The van der Waals surface area contributed by atoms with E-state index in [1.165, 1.54) is 10.7 Å². The van der Waals surface area contributed by atoms with Gasteiger partial charge in [-0.25, -0.2) is 4.68 Å². The fourth-order valence-electron chi connectivity index (χ4n) is 4.40. The van der Waals surface area contributed by atoms with E-state index in [1.54, 1.807) is 17.0 Å². The molecule has 1 N–H and O–H groups in total. The van der Waals surface area contributed by atoms with E-state index >= 15 is 0 Å². The van der Waals surface area contributed by atoms with Gasteiger partial charge in [-0.2, -0.15) is 5.10 Å². The third-order valence-corrected chi connectivity index (χ3v) is 6.41. The van der Waals surface area contributed by atoms with Crippen LogP contribution in [0.5, 0.6) is 0 Å². The van der Waals surface area contributed by atoms with Gasteiger partial charge in [-0.1, -0.05) is 42.6 Å². The van der Waals surface area contributed by atoms with E-state index in [-0.39, 0.29) is 23.9 Å². The molecule has 2 atom stereocenters. The van der Waals surface area contributed by atoms with Crippen molar-refractivity contribution in [3.63, 3.8) is 0 Å². The van der Waals surface area contributed by atoms with Crippen molar-refractivity contribution in [1.82, 2.24) is 14.7 Å². The van der Waals surface area contributed by atoms with Crippen molar-refractivity contribution in [2.24, 2.45) is 5.92 Å². The second-order valence-electron chi connectivity index (χ2n) is 7.83. The number of halogens is 1. The highest BCUT2D eigenvalue weighted by atomic mass is 35.5. The van der Waals surface area contributed by atoms with Crippen molar-refractivity contribution in [2.45, 2.75) is 44.2 Å². The molecular formula is C21H24ClN3O3. The van der Waals surface area contributed by atoms with E-state index in [4.69, 9.17) is 11.6 Å². The Morgan fingerprint density at radius 3 is 2.86 bits per heavy atom. The average molecular weight is 402 g/mol. The predicted octanol–water partition coefficient (Wildman–Crippen LogP) is 2.72. The van der Waals surface area contributed by atoms with E-state index in [0.29, 0.717) is 30.2 Å². The number of rotatable bonds is 3. The minimum absolute atomic E-state index is 0.109. The first-order chi connectivity index (χ1) is 13.5. The standard InChI is InChI=1S/C21H24ClN3O3/c22-17-7-2-1-6-16(17)18-8-9-19(26)25(23-18)14-20(27)24-12-11-21(28)10-4-3-5-15(21)13-24/h1-2,6-9,15,28H,3-5,10-14H2/t15-,21-/m0/s1. The van der Waals surface area contributed by atoms with Crippen LogP contribution in [0.2, 0.25) is 5.02 Å². The van der Waals surface area contributed by atoms with E-state index in [1.807, 2.05) is 18.2 Å². The van der Waals surface area contributed by atoms with Crippen molar-refractivity contribution in [3.8, 4) is 11.3 Å². The maximum Gasteiger partial charge on any atom is 0.267 e. The zero-order chi connectivity index (χ0) is 19.7. The highest BCUT2D eigenvalue weighted by molar-refractivity contribution is 6.33. The van der Waals surface area contributed by atoms with Gasteiger partial charge in [-0.15, -0.1) is 0 Å². The number of benzene rings is 1. The van der Waals surface area contributed by atoms with Gasteiger partial charge in [-0.3, -0.25) is 9.59 Å². The molecule has 1 saturated carbocycles. The van der Waals surface area contributed by atoms with Crippen LogP contribution >= 0.6 is 11.6 Å². The summed E-state index contributed by atoms with van der Waals surface area (Å²) in [7, 11) is 0. The van der Waals surface area contributed by atoms with E-state index in [9.17, 15) is 14.7 Å². The third-order valence-electron chi connectivity index (χ3n) is 6.08. The third kappa shape index (κ3) is 3.71. The minimum atomic E-state index is -0.631. The van der Waals surface area contributed by atoms with Crippen LogP contribution in [0.3, 0.4) is 0 Å². The summed E-state index contributed by atoms with van der Waals surface area (Å²) in [6, 6.07) is 10.3. The van der Waals surface area contributed by atoms with Crippen LogP contribution in [0.4, 0.5) is 0 Å². The molecule has 0 bridgehead atoms. The number of aliphatic hydroxyl groups is 1. The van der Waals surface area contributed by atoms with Gasteiger partial charge >= 0.3 is 0 Å². The zero-order valence-corrected chi connectivity index (χ0v) is 16.4. The van der Waals surface area contributed by atoms with Gasteiger partial charge in [0.2, 0.25) is 5.91 Å². The molecule has 1 aliphatic heterocycles. The molecular weight excluding hydrogens is 378 g/mol. The molecule has 4 rings (SSSR count). The Kier molecular flexibility index (Phi) is 5.25. The maximum atomic E-state index is 12.8. The molecule has 0 spiro atoms. The second-order valence-corrected chi connectivity index (χ2v) is 8.24. The van der Waals surface area contributed by atoms with Gasteiger partial charge in [-0.05, 0) is 31.4 Å². The largest absolute Gasteiger partial charge is 0.389 e. The molecule has 2 fully saturated rings. The molecule has 1 amide bonds. The maximum absolute atomic E-state index is 12.8. The topological polar surface area (TPSA) is 75.4 Å². The van der Waals surface area contributed by atoms with Crippen molar-refractivity contribution in [3.05, 3.63) is 51.8 Å². The fraction of sp³-hybridized carbons (Fsp3) is 0.476. The Bertz CT molecular complexity index is 944. The van der Waals surface area contributed by atoms with Crippen LogP contribution in [0.15, 0.2) is 41.2 Å². The number of amides is 1. The number of hydrogen-bond acceptors (Lipinski definition) is 4. The monoisotopic (exact) mass is 401 g/mol. The van der Waals surface area contributed by atoms with Crippen LogP contribution in [-0.2, 0) is 11.3 Å².